The third kappa shape index (κ3) is 4.82. The number of sulfonamides is 1. The van der Waals surface area contributed by atoms with E-state index in [1.165, 1.54) is 24.3 Å². The highest BCUT2D eigenvalue weighted by molar-refractivity contribution is 7.92. The van der Waals surface area contributed by atoms with Crippen LogP contribution in [0.15, 0.2) is 35.2 Å². The number of nitrogen functional groups attached to an aromatic ring is 1. The van der Waals surface area contributed by atoms with Crippen LogP contribution in [0.25, 0.3) is 0 Å². The first-order chi connectivity index (χ1) is 11.6. The number of hydrogen-bond donors (Lipinski definition) is 3. The molecule has 0 unspecified atom stereocenters. The molecule has 134 valence electrons. The monoisotopic (exact) mass is 424 g/mol. The fraction of sp³-hybridized carbons (Fsp3) is 0.0714. The molecule has 0 atom stereocenters. The van der Waals surface area contributed by atoms with Crippen molar-refractivity contribution in [2.24, 2.45) is 0 Å². The lowest BCUT2D eigenvalue weighted by molar-refractivity contribution is -0.139. The van der Waals surface area contributed by atoms with Gasteiger partial charge in [0.25, 0.3) is 10.0 Å². The molecular formula is C14H11Cl3N2O5S. The zero-order valence-electron chi connectivity index (χ0n) is 12.3. The number of carboxylic acid groups (broad SMARTS) is 1. The third-order valence-electron chi connectivity index (χ3n) is 2.90. The van der Waals surface area contributed by atoms with E-state index in [1.807, 2.05) is 0 Å². The van der Waals surface area contributed by atoms with Crippen LogP contribution in [0.4, 0.5) is 11.4 Å². The van der Waals surface area contributed by atoms with Crippen LogP contribution in [0.2, 0.25) is 15.1 Å². The van der Waals surface area contributed by atoms with Gasteiger partial charge in [-0.2, -0.15) is 0 Å². The van der Waals surface area contributed by atoms with Gasteiger partial charge >= 0.3 is 5.97 Å². The highest BCUT2D eigenvalue weighted by atomic mass is 35.5. The second-order valence-electron chi connectivity index (χ2n) is 4.73. The number of halogens is 3. The van der Waals surface area contributed by atoms with Gasteiger partial charge in [-0.25, -0.2) is 13.2 Å². The van der Waals surface area contributed by atoms with Gasteiger partial charge in [-0.3, -0.25) is 4.72 Å². The summed E-state index contributed by atoms with van der Waals surface area (Å²) in [5, 5.41) is 8.71. The molecule has 0 amide bonds. The SMILES string of the molecule is Nc1c(Cl)cc(NS(=O)(=O)c2ccc(OCC(=O)O)c(Cl)c2)cc1Cl. The van der Waals surface area contributed by atoms with Crippen molar-refractivity contribution in [3.05, 3.63) is 45.4 Å². The van der Waals surface area contributed by atoms with Gasteiger partial charge in [0.2, 0.25) is 0 Å². The molecule has 0 aliphatic carbocycles. The van der Waals surface area contributed by atoms with Gasteiger partial charge in [-0.15, -0.1) is 0 Å². The lowest BCUT2D eigenvalue weighted by Gasteiger charge is -2.12. The number of aliphatic carboxylic acids is 1. The standard InChI is InChI=1S/C14H11Cl3N2O5S/c15-9-5-8(1-2-12(9)24-6-13(20)21)25(22,23)19-7-3-10(16)14(18)11(17)4-7/h1-5,19H,6,18H2,(H,20,21). The second-order valence-corrected chi connectivity index (χ2v) is 7.64. The summed E-state index contributed by atoms with van der Waals surface area (Å²) in [7, 11) is -3.99. The minimum absolute atomic E-state index is 0.0431. The van der Waals surface area contributed by atoms with Crippen LogP contribution in [-0.4, -0.2) is 26.1 Å². The maximum absolute atomic E-state index is 12.4. The Hall–Kier alpha value is -1.87. The lowest BCUT2D eigenvalue weighted by Crippen LogP contribution is -2.14. The van der Waals surface area contributed by atoms with Gasteiger partial charge in [-0.05, 0) is 30.3 Å². The number of rotatable bonds is 6. The van der Waals surface area contributed by atoms with Crippen LogP contribution in [-0.2, 0) is 14.8 Å². The molecule has 0 radical (unpaired) electrons. The molecule has 0 aromatic heterocycles. The Bertz CT molecular complexity index is 911. The number of nitrogens with one attached hydrogen (secondary N) is 1. The Morgan fingerprint density at radius 1 is 1.12 bits per heavy atom. The van der Waals surface area contributed by atoms with E-state index < -0.39 is 22.6 Å². The Balaban J connectivity index is 2.28. The molecule has 7 nitrogen and oxygen atoms in total. The van der Waals surface area contributed by atoms with Crippen LogP contribution in [0.5, 0.6) is 5.75 Å². The predicted octanol–water partition coefficient (Wildman–Crippen LogP) is 3.49. The zero-order chi connectivity index (χ0) is 18.8. The third-order valence-corrected chi connectivity index (χ3v) is 5.20. The number of nitrogens with two attached hydrogens (primary N) is 1. The fourth-order valence-corrected chi connectivity index (χ4v) is 3.62. The first-order valence-corrected chi connectivity index (χ1v) is 9.13. The summed E-state index contributed by atoms with van der Waals surface area (Å²) in [6, 6.07) is 6.22. The van der Waals surface area contributed by atoms with E-state index in [1.54, 1.807) is 0 Å². The minimum atomic E-state index is -3.99. The number of ether oxygens (including phenoxy) is 1. The van der Waals surface area contributed by atoms with E-state index in [0.29, 0.717) is 0 Å². The van der Waals surface area contributed by atoms with E-state index in [-0.39, 0.29) is 37.1 Å². The molecule has 4 N–H and O–H groups in total. The highest BCUT2D eigenvalue weighted by Crippen LogP contribution is 2.33. The van der Waals surface area contributed by atoms with E-state index in [0.717, 1.165) is 6.07 Å². The molecule has 2 aromatic carbocycles. The number of hydrogen-bond acceptors (Lipinski definition) is 5. The van der Waals surface area contributed by atoms with Crippen molar-refractivity contribution in [2.75, 3.05) is 17.1 Å². The van der Waals surface area contributed by atoms with E-state index >= 15 is 0 Å². The zero-order valence-corrected chi connectivity index (χ0v) is 15.4. The normalized spacial score (nSPS) is 11.2. The molecule has 0 saturated heterocycles. The smallest absolute Gasteiger partial charge is 0.341 e. The number of carboxylic acids is 1. The average Bonchev–Trinajstić information content (AvgIpc) is 2.50. The van der Waals surface area contributed by atoms with E-state index in [9.17, 15) is 13.2 Å². The van der Waals surface area contributed by atoms with Gasteiger partial charge in [0.15, 0.2) is 6.61 Å². The summed E-state index contributed by atoms with van der Waals surface area (Å²) >= 11 is 17.7. The maximum atomic E-state index is 12.4. The Morgan fingerprint density at radius 3 is 2.24 bits per heavy atom. The quantitative estimate of drug-likeness (QED) is 0.610. The summed E-state index contributed by atoms with van der Waals surface area (Å²) < 4.78 is 32.1. The van der Waals surface area contributed by atoms with Gasteiger partial charge < -0.3 is 15.6 Å². The Labute approximate surface area is 158 Å². The van der Waals surface area contributed by atoms with Gasteiger partial charge in [-0.1, -0.05) is 34.8 Å². The second kappa shape index (κ2) is 7.57. The first-order valence-electron chi connectivity index (χ1n) is 6.51. The molecule has 0 heterocycles. The van der Waals surface area contributed by atoms with Crippen LogP contribution in [0.3, 0.4) is 0 Å². The summed E-state index contributed by atoms with van der Waals surface area (Å²) in [6.45, 7) is -0.605. The number of anilines is 2. The fourth-order valence-electron chi connectivity index (χ4n) is 1.76. The molecule has 11 heteroatoms. The van der Waals surface area contributed by atoms with Crippen molar-refractivity contribution in [1.29, 1.82) is 0 Å². The van der Waals surface area contributed by atoms with Crippen molar-refractivity contribution < 1.29 is 23.1 Å². The first kappa shape index (κ1) is 19.5. The van der Waals surface area contributed by atoms with Crippen molar-refractivity contribution in [2.45, 2.75) is 4.90 Å². The van der Waals surface area contributed by atoms with Crippen LogP contribution < -0.4 is 15.2 Å². The molecule has 0 aliphatic heterocycles. The molecule has 2 rings (SSSR count). The van der Waals surface area contributed by atoms with Gasteiger partial charge in [0.1, 0.15) is 5.75 Å². The molecule has 0 bridgehead atoms. The summed E-state index contributed by atoms with van der Waals surface area (Å²) in [4.78, 5) is 10.3. The molecule has 25 heavy (non-hydrogen) atoms. The molecule has 0 fully saturated rings. The molecular weight excluding hydrogens is 415 g/mol. The number of carbonyl (C=O) groups is 1. The van der Waals surface area contributed by atoms with E-state index in [2.05, 4.69) is 4.72 Å². The largest absolute Gasteiger partial charge is 0.480 e. The molecule has 0 spiro atoms. The van der Waals surface area contributed by atoms with Crippen molar-refractivity contribution >= 4 is 62.2 Å². The maximum Gasteiger partial charge on any atom is 0.341 e. The molecule has 0 aliphatic rings. The van der Waals surface area contributed by atoms with E-state index in [4.69, 9.17) is 50.4 Å². The lowest BCUT2D eigenvalue weighted by atomic mass is 10.3. The topological polar surface area (TPSA) is 119 Å². The van der Waals surface area contributed by atoms with Crippen LogP contribution in [0.1, 0.15) is 0 Å². The average molecular weight is 426 g/mol. The van der Waals surface area contributed by atoms with Crippen molar-refractivity contribution in [3.63, 3.8) is 0 Å². The van der Waals surface area contributed by atoms with Gasteiger partial charge in [0.05, 0.1) is 31.3 Å². The summed E-state index contributed by atoms with van der Waals surface area (Å²) in [6.07, 6.45) is 0. The highest BCUT2D eigenvalue weighted by Gasteiger charge is 2.18. The number of benzene rings is 2. The van der Waals surface area contributed by atoms with Crippen LogP contribution in [0, 0.1) is 0 Å². The van der Waals surface area contributed by atoms with Crippen molar-refractivity contribution in [3.8, 4) is 5.75 Å². The van der Waals surface area contributed by atoms with Gasteiger partial charge in [0, 0.05) is 0 Å². The molecule has 0 saturated carbocycles. The molecule has 2 aromatic rings. The Morgan fingerprint density at radius 2 is 1.72 bits per heavy atom. The predicted molar refractivity (Wildman–Crippen MR) is 96.3 cm³/mol. The minimum Gasteiger partial charge on any atom is -0.480 e. The summed E-state index contributed by atoms with van der Waals surface area (Å²) in [5.41, 5.74) is 5.85. The van der Waals surface area contributed by atoms with Crippen LogP contribution >= 0.6 is 34.8 Å². The summed E-state index contributed by atoms with van der Waals surface area (Å²) in [5.74, 6) is -1.15. The Kier molecular flexibility index (Phi) is 5.89. The van der Waals surface area contributed by atoms with Crippen molar-refractivity contribution in [1.82, 2.24) is 0 Å².